The van der Waals surface area contributed by atoms with E-state index in [-0.39, 0.29) is 5.69 Å². The SMILES string of the molecule is O=S(=O)(Oc1cc2cccnc2c(-c2ccc3nonc3c2)n1)C(F)(F)F. The van der Waals surface area contributed by atoms with Crippen molar-refractivity contribution in [1.29, 1.82) is 0 Å². The van der Waals surface area contributed by atoms with Crippen molar-refractivity contribution in [3.05, 3.63) is 42.6 Å². The molecule has 27 heavy (non-hydrogen) atoms. The Bertz CT molecular complexity index is 1270. The van der Waals surface area contributed by atoms with Gasteiger partial charge in [-0.05, 0) is 28.5 Å². The van der Waals surface area contributed by atoms with Crippen LogP contribution in [0.2, 0.25) is 0 Å². The Morgan fingerprint density at radius 2 is 1.81 bits per heavy atom. The molecule has 4 aromatic rings. The molecule has 0 aliphatic rings. The van der Waals surface area contributed by atoms with E-state index in [1.54, 1.807) is 18.2 Å². The summed E-state index contributed by atoms with van der Waals surface area (Å²) in [6.45, 7) is 0. The zero-order valence-corrected chi connectivity index (χ0v) is 13.8. The lowest BCUT2D eigenvalue weighted by molar-refractivity contribution is -0.0501. The van der Waals surface area contributed by atoms with Crippen LogP contribution in [-0.4, -0.2) is 34.2 Å². The molecule has 3 heterocycles. The van der Waals surface area contributed by atoms with Gasteiger partial charge in [0, 0.05) is 23.2 Å². The van der Waals surface area contributed by atoms with Gasteiger partial charge in [-0.2, -0.15) is 21.6 Å². The number of aromatic nitrogens is 4. The zero-order chi connectivity index (χ0) is 19.2. The molecule has 0 amide bonds. The lowest BCUT2D eigenvalue weighted by atomic mass is 10.1. The molecule has 0 saturated carbocycles. The minimum atomic E-state index is -5.86. The van der Waals surface area contributed by atoms with Gasteiger partial charge in [-0.1, -0.05) is 12.1 Å². The number of alkyl halides is 3. The molecule has 0 atom stereocenters. The number of hydrogen-bond donors (Lipinski definition) is 0. The number of hydrogen-bond acceptors (Lipinski definition) is 8. The number of fused-ring (bicyclic) bond motifs is 2. The Morgan fingerprint density at radius 3 is 2.59 bits per heavy atom. The third kappa shape index (κ3) is 3.03. The largest absolute Gasteiger partial charge is 0.534 e. The predicted molar refractivity (Wildman–Crippen MR) is 85.9 cm³/mol. The normalized spacial score (nSPS) is 12.6. The van der Waals surface area contributed by atoms with Crippen LogP contribution in [0.15, 0.2) is 47.2 Å². The summed E-state index contributed by atoms with van der Waals surface area (Å²) in [6.07, 6.45) is 1.47. The Hall–Kier alpha value is -3.28. The lowest BCUT2D eigenvalue weighted by Gasteiger charge is -2.11. The quantitative estimate of drug-likeness (QED) is 0.384. The zero-order valence-electron chi connectivity index (χ0n) is 13.0. The van der Waals surface area contributed by atoms with E-state index in [0.29, 0.717) is 27.5 Å². The van der Waals surface area contributed by atoms with Crippen LogP contribution in [0.25, 0.3) is 33.2 Å². The average Bonchev–Trinajstić information content (AvgIpc) is 3.07. The molecule has 138 valence electrons. The van der Waals surface area contributed by atoms with Gasteiger partial charge in [-0.3, -0.25) is 4.98 Å². The number of rotatable bonds is 3. The van der Waals surface area contributed by atoms with Gasteiger partial charge < -0.3 is 4.18 Å². The fourth-order valence-corrected chi connectivity index (χ4v) is 2.80. The highest BCUT2D eigenvalue weighted by Gasteiger charge is 2.49. The molecule has 0 bridgehead atoms. The van der Waals surface area contributed by atoms with E-state index in [9.17, 15) is 21.6 Å². The first-order valence-corrected chi connectivity index (χ1v) is 8.65. The van der Waals surface area contributed by atoms with Crippen molar-refractivity contribution in [2.24, 2.45) is 0 Å². The molecule has 0 spiro atoms. The van der Waals surface area contributed by atoms with Crippen LogP contribution < -0.4 is 4.18 Å². The van der Waals surface area contributed by atoms with Gasteiger partial charge in [0.1, 0.15) is 16.7 Å². The molecule has 8 nitrogen and oxygen atoms in total. The molecule has 0 unspecified atom stereocenters. The van der Waals surface area contributed by atoms with Crippen LogP contribution in [0.1, 0.15) is 0 Å². The maximum absolute atomic E-state index is 12.6. The lowest BCUT2D eigenvalue weighted by Crippen LogP contribution is -2.28. The smallest absolute Gasteiger partial charge is 0.355 e. The van der Waals surface area contributed by atoms with Crippen molar-refractivity contribution in [3.63, 3.8) is 0 Å². The molecule has 3 aromatic heterocycles. The summed E-state index contributed by atoms with van der Waals surface area (Å²) < 4.78 is 69.3. The molecule has 4 rings (SSSR count). The van der Waals surface area contributed by atoms with E-state index in [2.05, 4.69) is 29.1 Å². The highest BCUT2D eigenvalue weighted by Crippen LogP contribution is 2.32. The Morgan fingerprint density at radius 1 is 1.04 bits per heavy atom. The summed E-state index contributed by atoms with van der Waals surface area (Å²) in [7, 11) is -5.86. The Kier molecular flexibility index (Phi) is 3.73. The average molecular weight is 396 g/mol. The van der Waals surface area contributed by atoms with Gasteiger partial charge in [-0.15, -0.1) is 0 Å². The maximum Gasteiger partial charge on any atom is 0.534 e. The van der Waals surface area contributed by atoms with Gasteiger partial charge in [0.2, 0.25) is 5.88 Å². The summed E-state index contributed by atoms with van der Waals surface area (Å²) in [5, 5.41) is 7.69. The fraction of sp³-hybridized carbons (Fsp3) is 0.0667. The van der Waals surface area contributed by atoms with Crippen LogP contribution in [0.4, 0.5) is 13.2 Å². The number of benzene rings is 1. The summed E-state index contributed by atoms with van der Waals surface area (Å²) in [5.74, 6) is -0.735. The second-order valence-corrected chi connectivity index (χ2v) is 6.87. The van der Waals surface area contributed by atoms with Gasteiger partial charge in [0.05, 0.1) is 5.52 Å². The van der Waals surface area contributed by atoms with Crippen LogP contribution in [0.5, 0.6) is 5.88 Å². The van der Waals surface area contributed by atoms with Gasteiger partial charge in [0.15, 0.2) is 0 Å². The monoisotopic (exact) mass is 396 g/mol. The van der Waals surface area contributed by atoms with Crippen LogP contribution in [0.3, 0.4) is 0 Å². The molecule has 0 aliphatic carbocycles. The first-order valence-electron chi connectivity index (χ1n) is 7.24. The summed E-state index contributed by atoms with van der Waals surface area (Å²) in [4.78, 5) is 8.08. The first-order chi connectivity index (χ1) is 12.7. The van der Waals surface area contributed by atoms with E-state index in [4.69, 9.17) is 0 Å². The standard InChI is InChI=1S/C15H7F3N4O4S/c16-15(17,18)27(23,24)25-12-7-8-2-1-5-19-13(8)14(20-12)9-3-4-10-11(6-9)22-26-21-10/h1-7H. The van der Waals surface area contributed by atoms with E-state index >= 15 is 0 Å². The molecule has 0 fully saturated rings. The van der Waals surface area contributed by atoms with Crippen molar-refractivity contribution in [2.45, 2.75) is 5.51 Å². The van der Waals surface area contributed by atoms with Gasteiger partial charge in [0.25, 0.3) is 0 Å². The molecule has 0 N–H and O–H groups in total. The third-order valence-corrected chi connectivity index (χ3v) is 4.53. The first kappa shape index (κ1) is 17.1. The third-order valence-electron chi connectivity index (χ3n) is 3.57. The Labute approximate surface area is 148 Å². The second-order valence-electron chi connectivity index (χ2n) is 5.34. The molecule has 12 heteroatoms. The van der Waals surface area contributed by atoms with E-state index < -0.39 is 21.5 Å². The predicted octanol–water partition coefficient (Wildman–Crippen LogP) is 3.06. The number of pyridine rings is 2. The van der Waals surface area contributed by atoms with Gasteiger partial charge >= 0.3 is 15.6 Å². The van der Waals surface area contributed by atoms with Crippen molar-refractivity contribution < 1.29 is 30.4 Å². The minimum absolute atomic E-state index is 0.116. The van der Waals surface area contributed by atoms with Gasteiger partial charge in [-0.25, -0.2) is 9.61 Å². The molecule has 1 aromatic carbocycles. The number of halogens is 3. The number of nitrogens with zero attached hydrogens (tertiary/aromatic N) is 4. The van der Waals surface area contributed by atoms with Crippen LogP contribution >= 0.6 is 0 Å². The van der Waals surface area contributed by atoms with Crippen LogP contribution in [0, 0.1) is 0 Å². The van der Waals surface area contributed by atoms with Crippen LogP contribution in [-0.2, 0) is 10.1 Å². The van der Waals surface area contributed by atoms with E-state index in [1.165, 1.54) is 18.3 Å². The fourth-order valence-electron chi connectivity index (χ4n) is 2.39. The van der Waals surface area contributed by atoms with Crippen molar-refractivity contribution in [1.82, 2.24) is 20.3 Å². The summed E-state index contributed by atoms with van der Waals surface area (Å²) in [5.41, 5.74) is -3.87. The molecular formula is C15H7F3N4O4S. The minimum Gasteiger partial charge on any atom is -0.355 e. The molecule has 0 saturated heterocycles. The highest BCUT2D eigenvalue weighted by atomic mass is 32.2. The van der Waals surface area contributed by atoms with Crippen molar-refractivity contribution >= 4 is 32.1 Å². The highest BCUT2D eigenvalue weighted by molar-refractivity contribution is 7.87. The summed E-state index contributed by atoms with van der Waals surface area (Å²) in [6, 6.07) is 8.81. The van der Waals surface area contributed by atoms with Crippen molar-refractivity contribution in [2.75, 3.05) is 0 Å². The van der Waals surface area contributed by atoms with Crippen molar-refractivity contribution in [3.8, 4) is 17.1 Å². The molecule has 0 aliphatic heterocycles. The molecular weight excluding hydrogens is 389 g/mol. The Balaban J connectivity index is 1.91. The maximum atomic E-state index is 12.6. The van der Waals surface area contributed by atoms with E-state index in [1.807, 2.05) is 0 Å². The molecule has 0 radical (unpaired) electrons. The topological polar surface area (TPSA) is 108 Å². The second kappa shape index (κ2) is 5.87. The van der Waals surface area contributed by atoms with E-state index in [0.717, 1.165) is 6.07 Å². The summed E-state index contributed by atoms with van der Waals surface area (Å²) >= 11 is 0.